The average Bonchev–Trinajstić information content (AvgIpc) is 2.88. The van der Waals surface area contributed by atoms with E-state index in [1.165, 1.54) is 11.1 Å². The van der Waals surface area contributed by atoms with Crippen LogP contribution < -0.4 is 9.47 Å². The van der Waals surface area contributed by atoms with Gasteiger partial charge in [0.2, 0.25) is 0 Å². The van der Waals surface area contributed by atoms with Crippen molar-refractivity contribution < 1.29 is 9.47 Å². The molecule has 0 aliphatic heterocycles. The highest BCUT2D eigenvalue weighted by molar-refractivity contribution is 9.10. The molecule has 0 bridgehead atoms. The van der Waals surface area contributed by atoms with Gasteiger partial charge >= 0.3 is 0 Å². The minimum absolute atomic E-state index is 0.630. The van der Waals surface area contributed by atoms with Crippen LogP contribution in [-0.4, -0.2) is 44.7 Å². The summed E-state index contributed by atoms with van der Waals surface area (Å²) < 4.78 is 13.4. The number of halogens is 2. The zero-order valence-electron chi connectivity index (χ0n) is 19.9. The van der Waals surface area contributed by atoms with E-state index in [1.54, 1.807) is 48.3 Å². The summed E-state index contributed by atoms with van der Waals surface area (Å²) in [5.41, 5.74) is 2.42. The molecular weight excluding hydrogens is 624 g/mol. The number of aromatic nitrogens is 4. The molecule has 0 N–H and O–H groups in total. The maximum Gasteiger partial charge on any atom is 0.187 e. The first-order chi connectivity index (χ1) is 17.5. The quantitative estimate of drug-likeness (QED) is 0.0998. The molecule has 0 aliphatic carbocycles. The Labute approximate surface area is 237 Å². The molecule has 36 heavy (non-hydrogen) atoms. The number of ether oxygens (including phenoxy) is 2. The third kappa shape index (κ3) is 10.5. The van der Waals surface area contributed by atoms with Crippen LogP contribution in [0.15, 0.2) is 92.6 Å². The van der Waals surface area contributed by atoms with Crippen molar-refractivity contribution in [3.8, 4) is 11.5 Å². The van der Waals surface area contributed by atoms with Gasteiger partial charge in [-0.15, -0.1) is 0 Å². The van der Waals surface area contributed by atoms with Gasteiger partial charge in [0.25, 0.3) is 0 Å². The Balaban J connectivity index is 0.000000201. The largest absolute Gasteiger partial charge is 0.492 e. The van der Waals surface area contributed by atoms with Crippen LogP contribution in [0, 0.1) is 13.8 Å². The zero-order valence-corrected chi connectivity index (χ0v) is 24.7. The van der Waals surface area contributed by atoms with E-state index in [0.29, 0.717) is 13.2 Å². The van der Waals surface area contributed by atoms with Crippen LogP contribution in [0.5, 0.6) is 11.5 Å². The van der Waals surface area contributed by atoms with Crippen LogP contribution in [0.4, 0.5) is 0 Å². The van der Waals surface area contributed by atoms with E-state index in [4.69, 9.17) is 9.47 Å². The molecule has 0 saturated heterocycles. The third-order valence-corrected chi connectivity index (χ3v) is 7.32. The van der Waals surface area contributed by atoms with Gasteiger partial charge in [-0.05, 0) is 93.2 Å². The van der Waals surface area contributed by atoms with Crippen LogP contribution in [0.1, 0.15) is 11.1 Å². The predicted octanol–water partition coefficient (Wildman–Crippen LogP) is 7.44. The Morgan fingerprint density at radius 3 is 1.39 bits per heavy atom. The zero-order chi connectivity index (χ0) is 25.6. The normalized spacial score (nSPS) is 10.3. The SMILES string of the molecule is Cc1ccc(OCCSc2ncccn2)c(Br)c1.Cc1ccc(OCCSc2ncccn2)c(Br)c1. The van der Waals surface area contributed by atoms with Gasteiger partial charge in [0.1, 0.15) is 11.5 Å². The number of aryl methyl sites for hydroxylation is 2. The molecule has 0 spiro atoms. The van der Waals surface area contributed by atoms with Gasteiger partial charge in [0.05, 0.1) is 22.2 Å². The van der Waals surface area contributed by atoms with Crippen molar-refractivity contribution in [3.63, 3.8) is 0 Å². The maximum atomic E-state index is 5.69. The first kappa shape index (κ1) is 28.4. The van der Waals surface area contributed by atoms with Gasteiger partial charge in [-0.25, -0.2) is 19.9 Å². The number of hydrogen-bond donors (Lipinski definition) is 0. The summed E-state index contributed by atoms with van der Waals surface area (Å²) in [4.78, 5) is 16.6. The van der Waals surface area contributed by atoms with E-state index >= 15 is 0 Å². The highest BCUT2D eigenvalue weighted by Crippen LogP contribution is 2.27. The molecule has 0 radical (unpaired) electrons. The van der Waals surface area contributed by atoms with Crippen molar-refractivity contribution in [2.45, 2.75) is 24.2 Å². The Kier molecular flexibility index (Phi) is 12.5. The molecule has 0 fully saturated rings. The first-order valence-electron chi connectivity index (χ1n) is 11.1. The highest BCUT2D eigenvalue weighted by atomic mass is 79.9. The molecule has 0 aliphatic rings. The lowest BCUT2D eigenvalue weighted by atomic mass is 10.2. The number of hydrogen-bond acceptors (Lipinski definition) is 8. The van der Waals surface area contributed by atoms with Gasteiger partial charge in [-0.2, -0.15) is 0 Å². The van der Waals surface area contributed by atoms with Crippen molar-refractivity contribution in [1.82, 2.24) is 19.9 Å². The van der Waals surface area contributed by atoms with Crippen molar-refractivity contribution in [2.24, 2.45) is 0 Å². The molecule has 2 aromatic heterocycles. The number of rotatable bonds is 10. The van der Waals surface area contributed by atoms with Gasteiger partial charge in [0.15, 0.2) is 10.3 Å². The third-order valence-electron chi connectivity index (χ3n) is 4.40. The number of nitrogens with zero attached hydrogens (tertiary/aromatic N) is 4. The predicted molar refractivity (Wildman–Crippen MR) is 154 cm³/mol. The topological polar surface area (TPSA) is 70.0 Å². The second kappa shape index (κ2) is 15.9. The average molecular weight is 650 g/mol. The van der Waals surface area contributed by atoms with E-state index in [-0.39, 0.29) is 0 Å². The van der Waals surface area contributed by atoms with Gasteiger partial charge in [-0.3, -0.25) is 0 Å². The summed E-state index contributed by atoms with van der Waals surface area (Å²) in [6, 6.07) is 15.7. The smallest absolute Gasteiger partial charge is 0.187 e. The molecular formula is C26H26Br2N4O2S2. The Morgan fingerprint density at radius 1 is 0.639 bits per heavy atom. The van der Waals surface area contributed by atoms with E-state index in [1.807, 2.05) is 48.5 Å². The standard InChI is InChI=1S/2C13H13BrN2OS/c2*1-10-3-4-12(11(14)9-10)17-7-8-18-13-15-5-2-6-16-13/h2*2-6,9H,7-8H2,1H3. The van der Waals surface area contributed by atoms with Gasteiger partial charge < -0.3 is 9.47 Å². The molecule has 188 valence electrons. The molecule has 10 heteroatoms. The number of thioether (sulfide) groups is 2. The van der Waals surface area contributed by atoms with Crippen LogP contribution in [0.25, 0.3) is 0 Å². The highest BCUT2D eigenvalue weighted by Gasteiger charge is 2.03. The second-order valence-corrected chi connectivity index (χ2v) is 11.2. The van der Waals surface area contributed by atoms with E-state index in [2.05, 4.69) is 65.6 Å². The van der Waals surface area contributed by atoms with Gasteiger partial charge in [0, 0.05) is 36.3 Å². The molecule has 0 atom stereocenters. The molecule has 4 aromatic rings. The van der Waals surface area contributed by atoms with Crippen LogP contribution in [0.2, 0.25) is 0 Å². The molecule has 2 heterocycles. The van der Waals surface area contributed by atoms with Crippen molar-refractivity contribution >= 4 is 55.4 Å². The fourth-order valence-electron chi connectivity index (χ4n) is 2.73. The fraction of sp³-hybridized carbons (Fsp3) is 0.231. The lowest BCUT2D eigenvalue weighted by Crippen LogP contribution is -2.01. The summed E-state index contributed by atoms with van der Waals surface area (Å²) in [6.07, 6.45) is 6.97. The monoisotopic (exact) mass is 648 g/mol. The maximum absolute atomic E-state index is 5.69. The van der Waals surface area contributed by atoms with Crippen LogP contribution in [0.3, 0.4) is 0 Å². The molecule has 0 saturated carbocycles. The van der Waals surface area contributed by atoms with Crippen molar-refractivity contribution in [1.29, 1.82) is 0 Å². The molecule has 2 aromatic carbocycles. The summed E-state index contributed by atoms with van der Waals surface area (Å²) in [6.45, 7) is 5.36. The summed E-state index contributed by atoms with van der Waals surface area (Å²) in [5.74, 6) is 3.39. The molecule has 0 unspecified atom stereocenters. The molecule has 6 nitrogen and oxygen atoms in total. The van der Waals surface area contributed by atoms with Gasteiger partial charge in [-0.1, -0.05) is 35.7 Å². The minimum atomic E-state index is 0.630. The first-order valence-corrected chi connectivity index (χ1v) is 14.6. The summed E-state index contributed by atoms with van der Waals surface area (Å²) in [5, 5.41) is 1.56. The van der Waals surface area contributed by atoms with Crippen LogP contribution in [-0.2, 0) is 0 Å². The lowest BCUT2D eigenvalue weighted by molar-refractivity contribution is 0.341. The molecule has 0 amide bonds. The number of benzene rings is 2. The van der Waals surface area contributed by atoms with E-state index < -0.39 is 0 Å². The van der Waals surface area contributed by atoms with E-state index in [0.717, 1.165) is 42.3 Å². The lowest BCUT2D eigenvalue weighted by Gasteiger charge is -2.08. The van der Waals surface area contributed by atoms with Crippen molar-refractivity contribution in [2.75, 3.05) is 24.7 Å². The molecule has 4 rings (SSSR count). The Morgan fingerprint density at radius 2 is 1.03 bits per heavy atom. The minimum Gasteiger partial charge on any atom is -0.492 e. The fourth-order valence-corrected chi connectivity index (χ4v) is 5.19. The van der Waals surface area contributed by atoms with Crippen molar-refractivity contribution in [3.05, 3.63) is 93.4 Å². The summed E-state index contributed by atoms with van der Waals surface area (Å²) >= 11 is 10.1. The second-order valence-electron chi connectivity index (χ2n) is 7.32. The Bertz CT molecular complexity index is 1110. The van der Waals surface area contributed by atoms with E-state index in [9.17, 15) is 0 Å². The van der Waals surface area contributed by atoms with Crippen LogP contribution >= 0.6 is 55.4 Å². The summed E-state index contributed by atoms with van der Waals surface area (Å²) in [7, 11) is 0. The Hall–Kier alpha value is -2.14.